The van der Waals surface area contributed by atoms with E-state index in [4.69, 9.17) is 11.6 Å². The Morgan fingerprint density at radius 3 is 2.78 bits per heavy atom. The predicted octanol–water partition coefficient (Wildman–Crippen LogP) is 3.90. The lowest BCUT2D eigenvalue weighted by atomic mass is 10.0. The van der Waals surface area contributed by atoms with Crippen LogP contribution in [0.3, 0.4) is 0 Å². The van der Waals surface area contributed by atoms with Crippen molar-refractivity contribution in [2.24, 2.45) is 5.92 Å². The number of aromatic nitrogens is 3. The summed E-state index contributed by atoms with van der Waals surface area (Å²) in [5, 5.41) is 9.05. The van der Waals surface area contributed by atoms with Gasteiger partial charge in [-0.2, -0.15) is 5.10 Å². The molecule has 4 rings (SSSR count). The average Bonchev–Trinajstić information content (AvgIpc) is 3.48. The molecule has 1 aliphatic carbocycles. The third-order valence-electron chi connectivity index (χ3n) is 5.32. The molecule has 7 nitrogen and oxygen atoms in total. The van der Waals surface area contributed by atoms with E-state index in [-0.39, 0.29) is 16.8 Å². The van der Waals surface area contributed by atoms with Gasteiger partial charge in [-0.15, -0.1) is 0 Å². The van der Waals surface area contributed by atoms with Crippen molar-refractivity contribution in [3.63, 3.8) is 0 Å². The number of pyridine rings is 1. The van der Waals surface area contributed by atoms with Crippen molar-refractivity contribution in [1.29, 1.82) is 0 Å². The van der Waals surface area contributed by atoms with Gasteiger partial charge in [0.2, 0.25) is 0 Å². The molecule has 168 valence electrons. The number of hydrogen-bond acceptors (Lipinski definition) is 5. The van der Waals surface area contributed by atoms with E-state index in [1.54, 1.807) is 36.1 Å². The lowest BCUT2D eigenvalue weighted by Gasteiger charge is -2.20. The average molecular weight is 477 g/mol. The van der Waals surface area contributed by atoms with Crippen LogP contribution in [0.15, 0.2) is 48.1 Å². The van der Waals surface area contributed by atoms with Gasteiger partial charge in [0.05, 0.1) is 29.0 Å². The molecular weight excluding hydrogens is 455 g/mol. The van der Waals surface area contributed by atoms with Crippen LogP contribution in [0.4, 0.5) is 4.39 Å². The Morgan fingerprint density at radius 1 is 1.34 bits per heavy atom. The second-order valence-electron chi connectivity index (χ2n) is 8.06. The molecule has 1 saturated carbocycles. The molecule has 1 aromatic carbocycles. The zero-order chi connectivity index (χ0) is 23.0. The van der Waals surface area contributed by atoms with E-state index in [1.165, 1.54) is 12.1 Å². The molecule has 1 amide bonds. The van der Waals surface area contributed by atoms with Crippen LogP contribution in [0, 0.1) is 11.7 Å². The number of fused-ring (bicyclic) bond motifs is 1. The SMILES string of the molecule is C[C@H](/C=C/S(C)(=O)=O)NC(=O)c1cc2cnn(C(c3cccc(F)c3Cl)C3CC3)c2cn1. The number of sulfone groups is 1. The molecule has 0 saturated heterocycles. The Hall–Kier alpha value is -2.78. The number of nitrogens with zero attached hydrogens (tertiary/aromatic N) is 3. The molecular formula is C22H22ClFN4O3S. The Kier molecular flexibility index (Phi) is 6.05. The number of amides is 1. The molecule has 0 spiro atoms. The maximum Gasteiger partial charge on any atom is 0.270 e. The fraction of sp³-hybridized carbons (Fsp3) is 0.318. The predicted molar refractivity (Wildman–Crippen MR) is 121 cm³/mol. The van der Waals surface area contributed by atoms with Gasteiger partial charge in [0.15, 0.2) is 9.84 Å². The van der Waals surface area contributed by atoms with Gasteiger partial charge in [-0.1, -0.05) is 29.8 Å². The molecule has 3 aromatic rings. The summed E-state index contributed by atoms with van der Waals surface area (Å²) in [5.74, 6) is -0.609. The van der Waals surface area contributed by atoms with Gasteiger partial charge >= 0.3 is 0 Å². The summed E-state index contributed by atoms with van der Waals surface area (Å²) in [6, 6.07) is 5.68. The fourth-order valence-electron chi connectivity index (χ4n) is 3.63. The van der Waals surface area contributed by atoms with Crippen molar-refractivity contribution in [3.05, 3.63) is 70.2 Å². The number of hydrogen-bond donors (Lipinski definition) is 1. The molecule has 2 atom stereocenters. The summed E-state index contributed by atoms with van der Waals surface area (Å²) >= 11 is 6.27. The molecule has 32 heavy (non-hydrogen) atoms. The molecule has 1 N–H and O–H groups in total. The summed E-state index contributed by atoms with van der Waals surface area (Å²) in [4.78, 5) is 16.8. The topological polar surface area (TPSA) is 94.0 Å². The maximum atomic E-state index is 14.1. The van der Waals surface area contributed by atoms with Crippen LogP contribution < -0.4 is 5.32 Å². The quantitative estimate of drug-likeness (QED) is 0.558. The zero-order valence-corrected chi connectivity index (χ0v) is 19.1. The van der Waals surface area contributed by atoms with E-state index in [9.17, 15) is 17.6 Å². The van der Waals surface area contributed by atoms with Crippen molar-refractivity contribution < 1.29 is 17.6 Å². The van der Waals surface area contributed by atoms with E-state index >= 15 is 0 Å². The van der Waals surface area contributed by atoms with Crippen LogP contribution in [-0.2, 0) is 9.84 Å². The standard InChI is InChI=1S/C22H22ClFN4O3S/c1-13(8-9-32(2,30)31)27-22(29)18-10-15-11-26-28(19(15)12-25-18)21(14-6-7-14)16-4-3-5-17(24)20(16)23/h3-5,8-14,21H,6-7H2,1-2H3,(H,27,29)/b9-8+/t13-,21?/m1/s1. The number of halogens is 2. The minimum Gasteiger partial charge on any atom is -0.345 e. The second kappa shape index (κ2) is 8.63. The van der Waals surface area contributed by atoms with E-state index in [2.05, 4.69) is 15.4 Å². The van der Waals surface area contributed by atoms with Crippen molar-refractivity contribution in [3.8, 4) is 0 Å². The van der Waals surface area contributed by atoms with Gasteiger partial charge in [0.25, 0.3) is 5.91 Å². The molecule has 1 aliphatic rings. The molecule has 0 aliphatic heterocycles. The summed E-state index contributed by atoms with van der Waals surface area (Å²) in [6.45, 7) is 1.67. The minimum absolute atomic E-state index is 0.0909. The Labute approximate surface area is 190 Å². The van der Waals surface area contributed by atoms with Crippen molar-refractivity contribution in [2.45, 2.75) is 31.8 Å². The largest absolute Gasteiger partial charge is 0.345 e. The highest BCUT2D eigenvalue weighted by molar-refractivity contribution is 7.93. The first-order valence-electron chi connectivity index (χ1n) is 10.1. The Morgan fingerprint density at radius 2 is 2.09 bits per heavy atom. The van der Waals surface area contributed by atoms with Crippen LogP contribution in [0.25, 0.3) is 10.9 Å². The molecule has 0 bridgehead atoms. The van der Waals surface area contributed by atoms with Crippen molar-refractivity contribution in [2.75, 3.05) is 6.26 Å². The van der Waals surface area contributed by atoms with Crippen LogP contribution in [0.1, 0.15) is 41.9 Å². The zero-order valence-electron chi connectivity index (χ0n) is 17.5. The highest BCUT2D eigenvalue weighted by Crippen LogP contribution is 2.46. The van der Waals surface area contributed by atoms with Crippen molar-refractivity contribution in [1.82, 2.24) is 20.1 Å². The first-order valence-corrected chi connectivity index (χ1v) is 12.4. The van der Waals surface area contributed by atoms with E-state index in [0.29, 0.717) is 22.4 Å². The van der Waals surface area contributed by atoms with E-state index < -0.39 is 27.6 Å². The summed E-state index contributed by atoms with van der Waals surface area (Å²) < 4.78 is 38.4. The van der Waals surface area contributed by atoms with Gasteiger partial charge in [0, 0.05) is 23.1 Å². The minimum atomic E-state index is -3.28. The number of benzene rings is 1. The van der Waals surface area contributed by atoms with Crippen LogP contribution in [0.5, 0.6) is 0 Å². The first-order chi connectivity index (χ1) is 15.1. The Bertz CT molecular complexity index is 1320. The lowest BCUT2D eigenvalue weighted by Crippen LogP contribution is -2.31. The third-order valence-corrected chi connectivity index (χ3v) is 6.37. The van der Waals surface area contributed by atoms with Crippen molar-refractivity contribution >= 4 is 38.2 Å². The molecule has 2 heterocycles. The van der Waals surface area contributed by atoms with E-state index in [1.807, 2.05) is 6.07 Å². The highest BCUT2D eigenvalue weighted by atomic mass is 35.5. The highest BCUT2D eigenvalue weighted by Gasteiger charge is 2.36. The van der Waals surface area contributed by atoms with Crippen LogP contribution >= 0.6 is 11.6 Å². The smallest absolute Gasteiger partial charge is 0.270 e. The van der Waals surface area contributed by atoms with Gasteiger partial charge in [-0.3, -0.25) is 9.48 Å². The molecule has 10 heteroatoms. The summed E-state index contributed by atoms with van der Waals surface area (Å²) in [6.07, 6.45) is 7.67. The van der Waals surface area contributed by atoms with Gasteiger partial charge in [-0.05, 0) is 43.4 Å². The van der Waals surface area contributed by atoms with Crippen LogP contribution in [0.2, 0.25) is 5.02 Å². The Balaban J connectivity index is 1.62. The van der Waals surface area contributed by atoms with Gasteiger partial charge in [0.1, 0.15) is 11.5 Å². The van der Waals surface area contributed by atoms with E-state index in [0.717, 1.165) is 24.5 Å². The molecule has 0 radical (unpaired) electrons. The number of carbonyl (C=O) groups is 1. The molecule has 2 aromatic heterocycles. The normalized spacial score (nSPS) is 16.4. The van der Waals surface area contributed by atoms with Gasteiger partial charge in [-0.25, -0.2) is 17.8 Å². The number of rotatable bonds is 7. The molecule has 1 fully saturated rings. The third kappa shape index (κ3) is 4.83. The monoisotopic (exact) mass is 476 g/mol. The van der Waals surface area contributed by atoms with Gasteiger partial charge < -0.3 is 5.32 Å². The molecule has 1 unspecified atom stereocenters. The summed E-state index contributed by atoms with van der Waals surface area (Å²) in [5.41, 5.74) is 1.57. The maximum absolute atomic E-state index is 14.1. The van der Waals surface area contributed by atoms with Crippen LogP contribution in [-0.4, -0.2) is 41.4 Å². The lowest BCUT2D eigenvalue weighted by molar-refractivity contribution is 0.0942. The number of nitrogens with one attached hydrogen (secondary N) is 1. The number of carbonyl (C=O) groups excluding carboxylic acids is 1. The summed E-state index contributed by atoms with van der Waals surface area (Å²) in [7, 11) is -3.28. The first kappa shape index (κ1) is 22.4. The fourth-order valence-corrected chi connectivity index (χ4v) is 4.39. The second-order valence-corrected chi connectivity index (χ2v) is 10.4.